The average molecular weight is 897 g/mol. The molecule has 0 saturated carbocycles. The van der Waals surface area contributed by atoms with Crippen molar-refractivity contribution in [1.82, 2.24) is 9.97 Å². The number of fused-ring (bicyclic) bond motifs is 3. The Hall–Kier alpha value is -5.56. The third-order valence-corrected chi connectivity index (χ3v) is 16.0. The van der Waals surface area contributed by atoms with Crippen LogP contribution >= 0.6 is 0 Å². The number of nitrogens with zero attached hydrogens (tertiary/aromatic N) is 2. The third kappa shape index (κ3) is 6.76. The predicted octanol–water partition coefficient (Wildman–Crippen LogP) is 7.29. The minimum absolute atomic E-state index is 0. The number of aromatic nitrogens is 2. The van der Waals surface area contributed by atoms with Gasteiger partial charge in [0.2, 0.25) is 0 Å². The van der Waals surface area contributed by atoms with Gasteiger partial charge in [-0.1, -0.05) is 139 Å². The quantitative estimate of drug-likeness (QED) is 0.100. The first-order valence-electron chi connectivity index (χ1n) is 17.0. The van der Waals surface area contributed by atoms with Crippen molar-refractivity contribution in [1.29, 1.82) is 0 Å². The van der Waals surface area contributed by atoms with Gasteiger partial charge in [0.25, 0.3) is 0 Å². The molecule has 0 aliphatic carbocycles. The van der Waals surface area contributed by atoms with Crippen molar-refractivity contribution in [2.24, 2.45) is 0 Å². The van der Waals surface area contributed by atoms with E-state index < -0.39 is 17.9 Å². The van der Waals surface area contributed by atoms with Crippen LogP contribution in [0.1, 0.15) is 0 Å². The summed E-state index contributed by atoms with van der Waals surface area (Å²) in [5.41, 5.74) is 4.97. The number of sulfone groups is 1. The number of hydrogen-bond acceptors (Lipinski definition) is 4. The van der Waals surface area contributed by atoms with Crippen molar-refractivity contribution >= 4 is 38.7 Å². The van der Waals surface area contributed by atoms with E-state index in [1.54, 1.807) is 24.4 Å². The molecule has 259 valence electrons. The summed E-state index contributed by atoms with van der Waals surface area (Å²) in [5, 5.41) is 5.03. The van der Waals surface area contributed by atoms with Crippen LogP contribution in [0.2, 0.25) is 0 Å². The molecule has 0 bridgehead atoms. The van der Waals surface area contributed by atoms with Gasteiger partial charge < -0.3 is 9.97 Å². The predicted molar refractivity (Wildman–Crippen MR) is 212 cm³/mol. The molecule has 1 aliphatic heterocycles. The zero-order valence-electron chi connectivity index (χ0n) is 28.4. The minimum Gasteiger partial charge on any atom is -0.305 e. The van der Waals surface area contributed by atoms with Crippen LogP contribution in [0.4, 0.5) is 0 Å². The first-order chi connectivity index (χ1) is 25.6. The Labute approximate surface area is 325 Å². The van der Waals surface area contributed by atoms with Gasteiger partial charge in [-0.15, -0.1) is 59.7 Å². The second-order valence-corrected chi connectivity index (χ2v) is 18.1. The van der Waals surface area contributed by atoms with Crippen LogP contribution < -0.4 is 20.7 Å². The Balaban J connectivity index is 0.000000284. The second-order valence-electron chi connectivity index (χ2n) is 12.4. The molecule has 3 heterocycles. The summed E-state index contributed by atoms with van der Waals surface area (Å²) in [6.45, 7) is 0. The molecule has 0 unspecified atom stereocenters. The minimum atomic E-state index is -3.53. The second kappa shape index (κ2) is 15.6. The fourth-order valence-corrected chi connectivity index (χ4v) is 13.3. The van der Waals surface area contributed by atoms with Gasteiger partial charge in [-0.05, 0) is 54.7 Å². The van der Waals surface area contributed by atoms with Gasteiger partial charge >= 0.3 is 0 Å². The number of pyridine rings is 2. The van der Waals surface area contributed by atoms with E-state index >= 15 is 0 Å². The molecule has 0 amide bonds. The van der Waals surface area contributed by atoms with E-state index in [9.17, 15) is 8.42 Å². The molecule has 0 fully saturated rings. The molecule has 0 spiro atoms. The molecule has 4 nitrogen and oxygen atoms in total. The number of rotatable bonds is 6. The molecule has 0 saturated heterocycles. The summed E-state index contributed by atoms with van der Waals surface area (Å²) in [5.74, 6) is 0. The van der Waals surface area contributed by atoms with Gasteiger partial charge in [0.15, 0.2) is 17.9 Å². The molecule has 1 aliphatic rings. The van der Waals surface area contributed by atoms with Crippen LogP contribution in [0.5, 0.6) is 0 Å². The summed E-state index contributed by atoms with van der Waals surface area (Å²) < 4.78 is 26.1. The van der Waals surface area contributed by atoms with Gasteiger partial charge in [0, 0.05) is 32.5 Å². The van der Waals surface area contributed by atoms with E-state index in [0.29, 0.717) is 15.4 Å². The number of hydrogen-bond donors (Lipinski definition) is 0. The molecule has 0 N–H and O–H groups in total. The molecule has 7 heteroatoms. The largest absolute Gasteiger partial charge is 0.305 e. The van der Waals surface area contributed by atoms with Crippen molar-refractivity contribution < 1.29 is 28.5 Å². The van der Waals surface area contributed by atoms with Gasteiger partial charge in [-0.25, -0.2) is 8.42 Å². The normalized spacial score (nSPS) is 12.3. The summed E-state index contributed by atoms with van der Waals surface area (Å²) in [6, 6.07) is 67.1. The SMILES string of the molecule is O=S1(=O)c2c[c-]c(-c3ccc([Si](c4ccccc4)(c4ccccc4)c4ccccc4)cn3)cc2-c2ccccc21.[Ir].[c-]1ccccc1-c1ccccn1. The first kappa shape index (κ1) is 35.8. The van der Waals surface area contributed by atoms with Crippen LogP contribution in [0.25, 0.3) is 33.6 Å². The average Bonchev–Trinajstić information content (AvgIpc) is 3.46. The van der Waals surface area contributed by atoms with Crippen LogP contribution in [0.15, 0.2) is 204 Å². The van der Waals surface area contributed by atoms with Crippen LogP contribution in [0.3, 0.4) is 0 Å². The zero-order chi connectivity index (χ0) is 35.4. The Morgan fingerprint density at radius 2 is 1.06 bits per heavy atom. The van der Waals surface area contributed by atoms with E-state index in [4.69, 9.17) is 4.98 Å². The molecule has 9 rings (SSSR count). The maximum Gasteiger partial charge on any atom is 0.181 e. The number of benzene rings is 6. The molecule has 2 aromatic heterocycles. The van der Waals surface area contributed by atoms with E-state index in [1.807, 2.05) is 72.9 Å². The van der Waals surface area contributed by atoms with Gasteiger partial charge in [-0.3, -0.25) is 0 Å². The van der Waals surface area contributed by atoms with E-state index in [1.165, 1.54) is 20.7 Å². The topological polar surface area (TPSA) is 59.9 Å². The maximum absolute atomic E-state index is 13.1. The Morgan fingerprint density at radius 3 is 1.62 bits per heavy atom. The van der Waals surface area contributed by atoms with E-state index in [0.717, 1.165) is 28.1 Å². The monoisotopic (exact) mass is 897 g/mol. The summed E-state index contributed by atoms with van der Waals surface area (Å²) in [7, 11) is -6.19. The fraction of sp³-hybridized carbons (Fsp3) is 0. The molecular formula is C46H32IrN2O2SSi-2. The van der Waals surface area contributed by atoms with Crippen molar-refractivity contribution in [3.05, 3.63) is 207 Å². The summed E-state index contributed by atoms with van der Waals surface area (Å²) in [4.78, 5) is 9.83. The maximum atomic E-state index is 13.1. The van der Waals surface area contributed by atoms with E-state index in [2.05, 4.69) is 114 Å². The Morgan fingerprint density at radius 1 is 0.472 bits per heavy atom. The zero-order valence-corrected chi connectivity index (χ0v) is 32.6. The van der Waals surface area contributed by atoms with Crippen LogP contribution in [0, 0.1) is 12.1 Å². The summed E-state index contributed by atoms with van der Waals surface area (Å²) in [6.07, 6.45) is 3.79. The molecular weight excluding hydrogens is 865 g/mol. The first-order valence-corrected chi connectivity index (χ1v) is 20.5. The molecule has 8 aromatic rings. The van der Waals surface area contributed by atoms with Crippen LogP contribution in [-0.2, 0) is 29.9 Å². The van der Waals surface area contributed by atoms with Crippen molar-refractivity contribution in [3.8, 4) is 33.6 Å². The third-order valence-electron chi connectivity index (χ3n) is 9.41. The smallest absolute Gasteiger partial charge is 0.181 e. The molecule has 53 heavy (non-hydrogen) atoms. The molecule has 6 aromatic carbocycles. The van der Waals surface area contributed by atoms with Gasteiger partial charge in [-0.2, -0.15) is 0 Å². The fourth-order valence-electron chi connectivity index (χ4n) is 7.02. The van der Waals surface area contributed by atoms with E-state index in [-0.39, 0.29) is 20.1 Å². The summed E-state index contributed by atoms with van der Waals surface area (Å²) >= 11 is 0. The van der Waals surface area contributed by atoms with Crippen molar-refractivity contribution in [2.75, 3.05) is 0 Å². The standard InChI is InChI=1S/C35H24NO2SSi.C11H8N.Ir/c37-39(38)34-19-11-10-18-31(34)32-24-26(20-23-35(32)39)33-22-21-30(25-36-33)40(27-12-4-1-5-13-27,28-14-6-2-7-15-28)29-16-8-3-9-17-29;1-2-6-10(7-3-1)11-8-4-5-9-12-11;/h1-19,21-25H;1-6,8-9H;/q2*-1;. The molecule has 0 atom stereocenters. The van der Waals surface area contributed by atoms with Gasteiger partial charge in [0.05, 0.1) is 4.90 Å². The Bertz CT molecular complexity index is 2420. The van der Waals surface area contributed by atoms with Gasteiger partial charge in [0.1, 0.15) is 0 Å². The Kier molecular flexibility index (Phi) is 10.5. The van der Waals surface area contributed by atoms with Crippen LogP contribution in [-0.4, -0.2) is 26.5 Å². The molecule has 1 radical (unpaired) electrons. The van der Waals surface area contributed by atoms with Crippen molar-refractivity contribution in [2.45, 2.75) is 9.79 Å². The van der Waals surface area contributed by atoms with Crippen molar-refractivity contribution in [3.63, 3.8) is 0 Å².